The molecule has 6 heteroatoms. The van der Waals surface area contributed by atoms with Crippen molar-refractivity contribution in [2.75, 3.05) is 6.61 Å². The van der Waals surface area contributed by atoms with Gasteiger partial charge >= 0.3 is 17.9 Å². The van der Waals surface area contributed by atoms with Crippen LogP contribution >= 0.6 is 0 Å². The predicted molar refractivity (Wildman–Crippen MR) is 55.9 cm³/mol. The van der Waals surface area contributed by atoms with Crippen molar-refractivity contribution in [3.05, 3.63) is 24.3 Å². The molecule has 0 aromatic carbocycles. The molecule has 2 N–H and O–H groups in total. The Morgan fingerprint density at radius 3 is 1.69 bits per heavy atom. The summed E-state index contributed by atoms with van der Waals surface area (Å²) in [6.07, 6.45) is 0. The Labute approximate surface area is 92.8 Å². The van der Waals surface area contributed by atoms with E-state index in [0.29, 0.717) is 0 Å². The molecule has 0 bridgehead atoms. The molecule has 0 saturated heterocycles. The van der Waals surface area contributed by atoms with Crippen LogP contribution in [0.4, 0.5) is 0 Å². The monoisotopic (exact) mass is 230 g/mol. The van der Waals surface area contributed by atoms with Crippen LogP contribution in [0.2, 0.25) is 0 Å². The maximum atomic E-state index is 10.5. The van der Waals surface area contributed by atoms with Gasteiger partial charge in [0, 0.05) is 5.57 Å². The molecule has 0 aliphatic carbocycles. The van der Waals surface area contributed by atoms with Crippen LogP contribution in [0.3, 0.4) is 0 Å². The maximum Gasteiger partial charge on any atom is 0.344 e. The summed E-state index contributed by atoms with van der Waals surface area (Å²) >= 11 is 0. The predicted octanol–water partition coefficient (Wildman–Crippen LogP) is 0.837. The summed E-state index contributed by atoms with van der Waals surface area (Å²) in [6.45, 7) is 9.35. The molecule has 0 rings (SSSR count). The lowest BCUT2D eigenvalue weighted by Gasteiger charge is -1.98. The molecule has 0 amide bonds. The molecule has 0 spiro atoms. The van der Waals surface area contributed by atoms with Gasteiger partial charge in [-0.25, -0.2) is 14.4 Å². The Balaban J connectivity index is 0. The number of carbonyl (C=O) groups is 3. The fourth-order valence-corrected chi connectivity index (χ4v) is 0.306. The minimum atomic E-state index is -1.35. The second-order valence-electron chi connectivity index (χ2n) is 2.59. The Bertz CT molecular complexity index is 303. The molecule has 0 fully saturated rings. The molecule has 0 aliphatic rings. The van der Waals surface area contributed by atoms with E-state index in [9.17, 15) is 14.4 Å². The van der Waals surface area contributed by atoms with Gasteiger partial charge in [-0.15, -0.1) is 0 Å². The van der Waals surface area contributed by atoms with Gasteiger partial charge in [0.05, 0.1) is 6.61 Å². The summed E-state index contributed by atoms with van der Waals surface area (Å²) in [5, 5.41) is 16.1. The molecule has 0 radical (unpaired) electrons. The highest BCUT2D eigenvalue weighted by Crippen LogP contribution is 1.93. The Hall–Kier alpha value is -2.11. The van der Waals surface area contributed by atoms with Crippen LogP contribution < -0.4 is 0 Å². The number of rotatable bonds is 4. The second kappa shape index (κ2) is 8.22. The summed E-state index contributed by atoms with van der Waals surface area (Å²) in [6, 6.07) is 0. The minimum Gasteiger partial charge on any atom is -0.478 e. The first-order valence-corrected chi connectivity index (χ1v) is 4.22. The number of ether oxygens (including phenoxy) is 1. The molecule has 0 atom stereocenters. The lowest BCUT2D eigenvalue weighted by Crippen LogP contribution is -2.13. The topological polar surface area (TPSA) is 101 Å². The van der Waals surface area contributed by atoms with Crippen molar-refractivity contribution in [3.8, 4) is 0 Å². The van der Waals surface area contributed by atoms with Crippen LogP contribution in [-0.2, 0) is 19.1 Å². The third kappa shape index (κ3) is 8.49. The van der Waals surface area contributed by atoms with Crippen molar-refractivity contribution in [1.29, 1.82) is 0 Å². The van der Waals surface area contributed by atoms with Gasteiger partial charge in [0.25, 0.3) is 0 Å². The molecule has 0 aromatic heterocycles. The van der Waals surface area contributed by atoms with Gasteiger partial charge in [-0.3, -0.25) is 0 Å². The number of hydrogen-bond acceptors (Lipinski definition) is 4. The number of esters is 1. The van der Waals surface area contributed by atoms with E-state index in [1.807, 2.05) is 0 Å². The largest absolute Gasteiger partial charge is 0.478 e. The second-order valence-corrected chi connectivity index (χ2v) is 2.59. The third-order valence-corrected chi connectivity index (χ3v) is 1.15. The van der Waals surface area contributed by atoms with Crippen LogP contribution in [0.1, 0.15) is 13.8 Å². The van der Waals surface area contributed by atoms with Crippen molar-refractivity contribution in [1.82, 2.24) is 0 Å². The van der Waals surface area contributed by atoms with E-state index >= 15 is 0 Å². The van der Waals surface area contributed by atoms with E-state index in [0.717, 1.165) is 0 Å². The summed E-state index contributed by atoms with van der Waals surface area (Å²) in [5.41, 5.74) is -0.364. The zero-order valence-electron chi connectivity index (χ0n) is 9.15. The number of carboxylic acids is 2. The molecular weight excluding hydrogens is 216 g/mol. The van der Waals surface area contributed by atoms with Gasteiger partial charge in [-0.05, 0) is 13.8 Å². The zero-order valence-corrected chi connectivity index (χ0v) is 9.15. The van der Waals surface area contributed by atoms with Gasteiger partial charge < -0.3 is 14.9 Å². The van der Waals surface area contributed by atoms with Crippen molar-refractivity contribution in [2.45, 2.75) is 13.8 Å². The van der Waals surface area contributed by atoms with Crippen molar-refractivity contribution >= 4 is 17.9 Å². The molecule has 0 heterocycles. The normalized spacial score (nSPS) is 8.12. The van der Waals surface area contributed by atoms with Gasteiger partial charge in [0.15, 0.2) is 0 Å². The molecule has 0 aliphatic heterocycles. The molecule has 16 heavy (non-hydrogen) atoms. The number of carbonyl (C=O) groups excluding carboxylic acids is 1. The number of aliphatic carboxylic acids is 2. The van der Waals surface area contributed by atoms with Crippen LogP contribution in [0.15, 0.2) is 24.3 Å². The van der Waals surface area contributed by atoms with Gasteiger partial charge in [0.1, 0.15) is 5.57 Å². The van der Waals surface area contributed by atoms with E-state index in [1.165, 1.54) is 6.92 Å². The van der Waals surface area contributed by atoms with E-state index in [4.69, 9.17) is 10.2 Å². The third-order valence-electron chi connectivity index (χ3n) is 1.15. The summed E-state index contributed by atoms with van der Waals surface area (Å²) in [7, 11) is 0. The smallest absolute Gasteiger partial charge is 0.344 e. The van der Waals surface area contributed by atoms with Gasteiger partial charge in [-0.1, -0.05) is 13.2 Å². The first kappa shape index (κ1) is 16.3. The highest BCUT2D eigenvalue weighted by atomic mass is 16.5. The van der Waals surface area contributed by atoms with Gasteiger partial charge in [-0.2, -0.15) is 0 Å². The highest BCUT2D eigenvalue weighted by molar-refractivity contribution is 6.12. The van der Waals surface area contributed by atoms with Gasteiger partial charge in [0.2, 0.25) is 0 Å². The van der Waals surface area contributed by atoms with Crippen molar-refractivity contribution in [2.24, 2.45) is 0 Å². The fraction of sp³-hybridized carbons (Fsp3) is 0.300. The molecule has 0 unspecified atom stereocenters. The average molecular weight is 230 g/mol. The molecular formula is C10H14O6. The summed E-state index contributed by atoms with van der Waals surface area (Å²) in [5.74, 6) is -3.16. The lowest BCUT2D eigenvalue weighted by atomic mass is 10.3. The average Bonchev–Trinajstić information content (AvgIpc) is 2.17. The van der Waals surface area contributed by atoms with Crippen molar-refractivity contribution < 1.29 is 29.3 Å². The number of hydrogen-bond donors (Lipinski definition) is 2. The summed E-state index contributed by atoms with van der Waals surface area (Å²) in [4.78, 5) is 30.1. The fourth-order valence-electron chi connectivity index (χ4n) is 0.306. The van der Waals surface area contributed by atoms with E-state index < -0.39 is 23.5 Å². The molecule has 90 valence electrons. The quantitative estimate of drug-likeness (QED) is 0.321. The van der Waals surface area contributed by atoms with E-state index in [1.54, 1.807) is 6.92 Å². The van der Waals surface area contributed by atoms with E-state index in [2.05, 4.69) is 17.9 Å². The first-order valence-electron chi connectivity index (χ1n) is 4.22. The van der Waals surface area contributed by atoms with Crippen LogP contribution in [0, 0.1) is 0 Å². The molecule has 0 aromatic rings. The Morgan fingerprint density at radius 1 is 1.12 bits per heavy atom. The maximum absolute atomic E-state index is 10.5. The van der Waals surface area contributed by atoms with Crippen LogP contribution in [0.5, 0.6) is 0 Å². The highest BCUT2D eigenvalue weighted by Gasteiger charge is 2.14. The minimum absolute atomic E-state index is 0.158. The van der Waals surface area contributed by atoms with Crippen molar-refractivity contribution in [3.63, 3.8) is 0 Å². The molecule has 6 nitrogen and oxygen atoms in total. The Kier molecular flexibility index (Phi) is 8.39. The molecule has 0 saturated carbocycles. The Morgan fingerprint density at radius 2 is 1.50 bits per heavy atom. The van der Waals surface area contributed by atoms with Crippen LogP contribution in [-0.4, -0.2) is 34.7 Å². The standard InChI is InChI=1S/C6H8O4.C4H6O2/c1-3-10-6(9)4(2)5(7)8;1-3(2)4(5)6/h2-3H2,1H3,(H,7,8);1H2,2H3,(H,5,6). The zero-order chi connectivity index (χ0) is 13.3. The first-order chi connectivity index (χ1) is 7.23. The van der Waals surface area contributed by atoms with E-state index in [-0.39, 0.29) is 12.2 Å². The number of carboxylic acid groups (broad SMARTS) is 2. The SMILES string of the molecule is C=C(C(=O)O)C(=O)OCC.C=C(C)C(=O)O. The van der Waals surface area contributed by atoms with Crippen LogP contribution in [0.25, 0.3) is 0 Å². The summed E-state index contributed by atoms with van der Waals surface area (Å²) < 4.78 is 4.35. The lowest BCUT2D eigenvalue weighted by molar-refractivity contribution is -0.143.